The van der Waals surface area contributed by atoms with Gasteiger partial charge in [-0.25, -0.2) is 0 Å². The van der Waals surface area contributed by atoms with Gasteiger partial charge in [0.05, 0.1) is 0 Å². The second-order valence-electron chi connectivity index (χ2n) is 1.15. The molecule has 0 aromatic heterocycles. The quantitative estimate of drug-likeness (QED) is 0.237. The van der Waals surface area contributed by atoms with Crippen LogP contribution in [0.1, 0.15) is 0 Å². The van der Waals surface area contributed by atoms with Gasteiger partial charge in [0.15, 0.2) is 11.7 Å². The lowest BCUT2D eigenvalue weighted by atomic mass is 10.6. The number of amidine groups is 1. The normalized spacial score (nSPS) is 9.44. The van der Waals surface area contributed by atoms with Crippen molar-refractivity contribution >= 4 is 11.7 Å². The molecule has 5 N–H and O–H groups in total. The fourth-order valence-corrected chi connectivity index (χ4v) is 0.190. The Labute approximate surface area is 52.8 Å². The Morgan fingerprint density at radius 2 is 2.11 bits per heavy atom. The predicted molar refractivity (Wildman–Crippen MR) is 35.9 cm³/mol. The van der Waals surface area contributed by atoms with E-state index < -0.39 is 0 Å². The Bertz CT molecular complexity index is 214. The Balaban J connectivity index is 4.35. The van der Waals surface area contributed by atoms with Crippen LogP contribution in [0, 0.1) is 17.8 Å². The Hall–Kier alpha value is -1.72. The zero-order valence-electron chi connectivity index (χ0n) is 4.68. The second-order valence-corrected chi connectivity index (χ2v) is 1.15. The van der Waals surface area contributed by atoms with Crippen LogP contribution in [-0.4, -0.2) is 11.7 Å². The molecule has 9 heavy (non-hydrogen) atoms. The molecule has 0 unspecified atom stereocenters. The fourth-order valence-electron chi connectivity index (χ4n) is 0.190. The van der Waals surface area contributed by atoms with Gasteiger partial charge in [-0.1, -0.05) is 0 Å². The number of rotatable bonds is 1. The summed E-state index contributed by atoms with van der Waals surface area (Å²) in [5.74, 6) is 3.68. The van der Waals surface area contributed by atoms with Gasteiger partial charge in [-0.05, 0) is 5.92 Å². The third-order valence-corrected chi connectivity index (χ3v) is 0.517. The van der Waals surface area contributed by atoms with Gasteiger partial charge >= 0.3 is 0 Å². The molecule has 0 saturated heterocycles. The highest BCUT2D eigenvalue weighted by molar-refractivity contribution is 5.97. The third kappa shape index (κ3) is 2.92. The second kappa shape index (κ2) is 3.30. The number of hydrogen-bond acceptors (Lipinski definition) is 3. The van der Waals surface area contributed by atoms with Crippen molar-refractivity contribution in [2.75, 3.05) is 0 Å². The first-order chi connectivity index (χ1) is 4.20. The van der Waals surface area contributed by atoms with E-state index in [1.54, 1.807) is 0 Å². The van der Waals surface area contributed by atoms with Crippen molar-refractivity contribution in [1.82, 2.24) is 0 Å². The number of nitrogens with two attached hydrogens (primary N) is 2. The summed E-state index contributed by atoms with van der Waals surface area (Å²) >= 11 is 0. The highest BCUT2D eigenvalue weighted by Crippen LogP contribution is 1.75. The van der Waals surface area contributed by atoms with E-state index in [4.69, 9.17) is 23.3 Å². The first-order valence-electron chi connectivity index (χ1n) is 2.06. The summed E-state index contributed by atoms with van der Waals surface area (Å²) < 4.78 is 0. The SMILES string of the molecule is C#CC(N)=NC(N)=C=N. The van der Waals surface area contributed by atoms with Crippen LogP contribution in [0.5, 0.6) is 0 Å². The highest BCUT2D eigenvalue weighted by Gasteiger charge is 1.82. The van der Waals surface area contributed by atoms with Gasteiger partial charge in [0.25, 0.3) is 0 Å². The van der Waals surface area contributed by atoms with Gasteiger partial charge in [0.1, 0.15) is 0 Å². The van der Waals surface area contributed by atoms with E-state index >= 15 is 0 Å². The molecule has 46 valence electrons. The molecule has 0 aliphatic heterocycles. The van der Waals surface area contributed by atoms with Crippen LogP contribution in [0.15, 0.2) is 10.8 Å². The zero-order chi connectivity index (χ0) is 7.28. The summed E-state index contributed by atoms with van der Waals surface area (Å²) in [4.78, 5) is 3.37. The highest BCUT2D eigenvalue weighted by atomic mass is 14.9. The van der Waals surface area contributed by atoms with Crippen molar-refractivity contribution in [2.45, 2.75) is 0 Å². The van der Waals surface area contributed by atoms with Crippen LogP contribution in [0.4, 0.5) is 0 Å². The minimum Gasteiger partial charge on any atom is -0.376 e. The largest absolute Gasteiger partial charge is 0.376 e. The molecule has 0 aromatic rings. The monoisotopic (exact) mass is 122 g/mol. The summed E-state index contributed by atoms with van der Waals surface area (Å²) in [7, 11) is 0. The maximum Gasteiger partial charge on any atom is 0.189 e. The lowest BCUT2D eigenvalue weighted by Gasteiger charge is -1.85. The van der Waals surface area contributed by atoms with Gasteiger partial charge in [-0.2, -0.15) is 4.99 Å². The van der Waals surface area contributed by atoms with Crippen molar-refractivity contribution in [2.24, 2.45) is 16.5 Å². The Morgan fingerprint density at radius 3 is 2.44 bits per heavy atom. The molecule has 0 aliphatic rings. The average Bonchev–Trinajstić information content (AvgIpc) is 1.87. The first-order valence-corrected chi connectivity index (χ1v) is 2.06. The van der Waals surface area contributed by atoms with Crippen molar-refractivity contribution in [3.63, 3.8) is 0 Å². The number of hydrogen-bond donors (Lipinski definition) is 3. The summed E-state index contributed by atoms with van der Waals surface area (Å²) in [5.41, 5.74) is 10.0. The molecule has 0 fully saturated rings. The Morgan fingerprint density at radius 1 is 1.56 bits per heavy atom. The molecular formula is C5H6N4. The van der Waals surface area contributed by atoms with Crippen LogP contribution < -0.4 is 11.5 Å². The lowest BCUT2D eigenvalue weighted by Crippen LogP contribution is -2.10. The molecule has 0 spiro atoms. The molecule has 4 nitrogen and oxygen atoms in total. The average molecular weight is 122 g/mol. The van der Waals surface area contributed by atoms with Crippen LogP contribution in [0.2, 0.25) is 0 Å². The first kappa shape index (κ1) is 7.28. The predicted octanol–water partition coefficient (Wildman–Crippen LogP) is -0.975. The molecule has 0 atom stereocenters. The summed E-state index contributed by atoms with van der Waals surface area (Å²) in [6.07, 6.45) is 4.81. The molecule has 0 aromatic carbocycles. The topological polar surface area (TPSA) is 88.2 Å². The molecule has 0 bridgehead atoms. The van der Waals surface area contributed by atoms with Gasteiger partial charge < -0.3 is 11.5 Å². The minimum absolute atomic E-state index is 0.0488. The summed E-state index contributed by atoms with van der Waals surface area (Å²) in [5, 5.41) is 6.43. The molecule has 0 rings (SSSR count). The number of nitrogens with one attached hydrogen (secondary N) is 1. The maximum absolute atomic E-state index is 6.43. The van der Waals surface area contributed by atoms with E-state index in [0.717, 1.165) is 0 Å². The van der Waals surface area contributed by atoms with Crippen molar-refractivity contribution in [3.8, 4) is 12.3 Å². The summed E-state index contributed by atoms with van der Waals surface area (Å²) in [6.45, 7) is 0. The molecule has 0 radical (unpaired) electrons. The van der Waals surface area contributed by atoms with Crippen LogP contribution in [0.25, 0.3) is 0 Å². The van der Waals surface area contributed by atoms with Crippen LogP contribution in [0.3, 0.4) is 0 Å². The fraction of sp³-hybridized carbons (Fsp3) is 0. The summed E-state index contributed by atoms with van der Waals surface area (Å²) in [6, 6.07) is 0. The van der Waals surface area contributed by atoms with E-state index in [1.807, 2.05) is 11.8 Å². The third-order valence-electron chi connectivity index (χ3n) is 0.517. The van der Waals surface area contributed by atoms with E-state index in [2.05, 4.69) is 4.99 Å². The molecule has 0 saturated carbocycles. The van der Waals surface area contributed by atoms with E-state index in [9.17, 15) is 0 Å². The van der Waals surface area contributed by atoms with Crippen LogP contribution in [-0.2, 0) is 0 Å². The van der Waals surface area contributed by atoms with Crippen molar-refractivity contribution < 1.29 is 0 Å². The van der Waals surface area contributed by atoms with Crippen molar-refractivity contribution in [3.05, 3.63) is 5.82 Å². The van der Waals surface area contributed by atoms with Gasteiger partial charge in [-0.15, -0.1) is 6.42 Å². The lowest BCUT2D eigenvalue weighted by molar-refractivity contribution is 1.27. The van der Waals surface area contributed by atoms with E-state index in [-0.39, 0.29) is 11.7 Å². The zero-order valence-corrected chi connectivity index (χ0v) is 4.68. The minimum atomic E-state index is -0.120. The molecule has 0 amide bonds. The Kier molecular flexibility index (Phi) is 2.67. The van der Waals surface area contributed by atoms with E-state index in [0.29, 0.717) is 0 Å². The van der Waals surface area contributed by atoms with Gasteiger partial charge in [0, 0.05) is 5.87 Å². The molecule has 4 heteroatoms. The van der Waals surface area contributed by atoms with Crippen LogP contribution >= 0.6 is 0 Å². The maximum atomic E-state index is 6.43. The standard InChI is InChI=1S/C5H6N4/c1-2-4(7)9-5(8)3-6/h1,6H,8H2,(H2,7,9). The smallest absolute Gasteiger partial charge is 0.189 e. The van der Waals surface area contributed by atoms with E-state index in [1.165, 1.54) is 0 Å². The van der Waals surface area contributed by atoms with Crippen molar-refractivity contribution in [1.29, 1.82) is 5.41 Å². The number of nitrogens with zero attached hydrogens (tertiary/aromatic N) is 1. The number of aliphatic imine (C=N–C) groups is 1. The molecular weight excluding hydrogens is 116 g/mol. The van der Waals surface area contributed by atoms with Gasteiger partial charge in [-0.3, -0.25) is 5.41 Å². The molecule has 0 heterocycles. The molecule has 0 aliphatic carbocycles. The number of terminal acetylenes is 1. The van der Waals surface area contributed by atoms with Gasteiger partial charge in [0.2, 0.25) is 0 Å².